The SMILES string of the molecule is CC[C@H](C)[C@H](N)c1nnc(SCc2ccc(Cl)cc2)o1. The number of nitrogens with two attached hydrogens (primary N) is 1. The van der Waals surface area contributed by atoms with E-state index >= 15 is 0 Å². The van der Waals surface area contributed by atoms with Crippen LogP contribution in [0.15, 0.2) is 33.9 Å². The summed E-state index contributed by atoms with van der Waals surface area (Å²) in [7, 11) is 0. The molecule has 0 saturated heterocycles. The van der Waals surface area contributed by atoms with E-state index < -0.39 is 0 Å². The van der Waals surface area contributed by atoms with Crippen molar-refractivity contribution < 1.29 is 4.42 Å². The van der Waals surface area contributed by atoms with Crippen molar-refractivity contribution in [2.45, 2.75) is 37.3 Å². The quantitative estimate of drug-likeness (QED) is 0.815. The molecular formula is C14H18ClN3OS. The number of rotatable bonds is 6. The summed E-state index contributed by atoms with van der Waals surface area (Å²) >= 11 is 7.35. The normalized spacial score (nSPS) is 14.2. The van der Waals surface area contributed by atoms with Crippen molar-refractivity contribution in [3.63, 3.8) is 0 Å². The fourth-order valence-electron chi connectivity index (χ4n) is 1.64. The van der Waals surface area contributed by atoms with Gasteiger partial charge < -0.3 is 10.2 Å². The fraction of sp³-hybridized carbons (Fsp3) is 0.429. The summed E-state index contributed by atoms with van der Waals surface area (Å²) in [6.45, 7) is 4.17. The minimum Gasteiger partial charge on any atom is -0.414 e. The molecule has 0 saturated carbocycles. The van der Waals surface area contributed by atoms with Gasteiger partial charge in [-0.15, -0.1) is 10.2 Å². The Morgan fingerprint density at radius 1 is 1.30 bits per heavy atom. The molecule has 1 heterocycles. The third-order valence-electron chi connectivity index (χ3n) is 3.24. The zero-order valence-electron chi connectivity index (χ0n) is 11.5. The molecule has 0 aliphatic heterocycles. The van der Waals surface area contributed by atoms with Crippen molar-refractivity contribution in [3.8, 4) is 0 Å². The monoisotopic (exact) mass is 311 g/mol. The average Bonchev–Trinajstić information content (AvgIpc) is 2.94. The van der Waals surface area contributed by atoms with E-state index in [2.05, 4.69) is 24.0 Å². The van der Waals surface area contributed by atoms with Crippen LogP contribution >= 0.6 is 23.4 Å². The second kappa shape index (κ2) is 7.11. The summed E-state index contributed by atoms with van der Waals surface area (Å²) in [6, 6.07) is 7.51. The van der Waals surface area contributed by atoms with Crippen LogP contribution < -0.4 is 5.73 Å². The molecule has 1 aromatic heterocycles. The van der Waals surface area contributed by atoms with E-state index in [0.717, 1.165) is 22.8 Å². The Labute approximate surface area is 128 Å². The van der Waals surface area contributed by atoms with Gasteiger partial charge in [-0.1, -0.05) is 55.8 Å². The van der Waals surface area contributed by atoms with Crippen molar-refractivity contribution in [2.75, 3.05) is 0 Å². The molecule has 6 heteroatoms. The molecule has 4 nitrogen and oxygen atoms in total. The molecule has 2 aromatic rings. The lowest BCUT2D eigenvalue weighted by atomic mass is 10.0. The fourth-order valence-corrected chi connectivity index (χ4v) is 2.49. The van der Waals surface area contributed by atoms with E-state index in [9.17, 15) is 0 Å². The van der Waals surface area contributed by atoms with Crippen molar-refractivity contribution in [3.05, 3.63) is 40.7 Å². The number of thioether (sulfide) groups is 1. The van der Waals surface area contributed by atoms with Gasteiger partial charge in [0.1, 0.15) is 0 Å². The highest BCUT2D eigenvalue weighted by atomic mass is 35.5. The van der Waals surface area contributed by atoms with Crippen LogP contribution in [-0.4, -0.2) is 10.2 Å². The number of halogens is 1. The summed E-state index contributed by atoms with van der Waals surface area (Å²) in [4.78, 5) is 0. The maximum atomic E-state index is 6.07. The first-order valence-corrected chi connectivity index (χ1v) is 7.92. The zero-order chi connectivity index (χ0) is 14.5. The van der Waals surface area contributed by atoms with Gasteiger partial charge >= 0.3 is 0 Å². The Balaban J connectivity index is 1.94. The van der Waals surface area contributed by atoms with Crippen LogP contribution in [0.3, 0.4) is 0 Å². The van der Waals surface area contributed by atoms with Crippen LogP contribution in [0.25, 0.3) is 0 Å². The van der Waals surface area contributed by atoms with Crippen LogP contribution in [0.4, 0.5) is 0 Å². The molecule has 0 amide bonds. The smallest absolute Gasteiger partial charge is 0.276 e. The lowest BCUT2D eigenvalue weighted by Gasteiger charge is -2.13. The van der Waals surface area contributed by atoms with Crippen molar-refractivity contribution in [2.24, 2.45) is 11.7 Å². The highest BCUT2D eigenvalue weighted by molar-refractivity contribution is 7.98. The van der Waals surface area contributed by atoms with E-state index in [-0.39, 0.29) is 6.04 Å². The van der Waals surface area contributed by atoms with Gasteiger partial charge in [0.15, 0.2) is 0 Å². The van der Waals surface area contributed by atoms with E-state index in [1.807, 2.05) is 24.3 Å². The highest BCUT2D eigenvalue weighted by Gasteiger charge is 2.19. The van der Waals surface area contributed by atoms with E-state index in [0.29, 0.717) is 17.0 Å². The molecule has 0 radical (unpaired) electrons. The minimum absolute atomic E-state index is 0.197. The third kappa shape index (κ3) is 3.98. The van der Waals surface area contributed by atoms with Gasteiger partial charge in [0.05, 0.1) is 6.04 Å². The topological polar surface area (TPSA) is 64.9 Å². The minimum atomic E-state index is -0.197. The Kier molecular flexibility index (Phi) is 5.46. The lowest BCUT2D eigenvalue weighted by molar-refractivity contribution is 0.333. The molecule has 0 aliphatic carbocycles. The maximum Gasteiger partial charge on any atom is 0.276 e. The summed E-state index contributed by atoms with van der Waals surface area (Å²) in [5.74, 6) is 1.60. The van der Waals surface area contributed by atoms with Gasteiger partial charge in [0.2, 0.25) is 5.89 Å². The molecule has 0 fully saturated rings. The summed E-state index contributed by atoms with van der Waals surface area (Å²) in [6.07, 6.45) is 0.983. The molecule has 0 spiro atoms. The first kappa shape index (κ1) is 15.4. The molecule has 2 N–H and O–H groups in total. The van der Waals surface area contributed by atoms with Crippen molar-refractivity contribution >= 4 is 23.4 Å². The lowest BCUT2D eigenvalue weighted by Crippen LogP contribution is -2.18. The first-order chi connectivity index (χ1) is 9.60. The van der Waals surface area contributed by atoms with E-state index in [4.69, 9.17) is 21.8 Å². The van der Waals surface area contributed by atoms with Gasteiger partial charge in [-0.05, 0) is 23.6 Å². The molecule has 108 valence electrons. The van der Waals surface area contributed by atoms with Crippen LogP contribution in [-0.2, 0) is 5.75 Å². The van der Waals surface area contributed by atoms with Crippen LogP contribution in [0, 0.1) is 5.92 Å². The largest absolute Gasteiger partial charge is 0.414 e. The Morgan fingerprint density at radius 2 is 2.00 bits per heavy atom. The first-order valence-electron chi connectivity index (χ1n) is 6.56. The van der Waals surface area contributed by atoms with E-state index in [1.54, 1.807) is 0 Å². The number of benzene rings is 1. The second-order valence-corrected chi connectivity index (χ2v) is 6.10. The zero-order valence-corrected chi connectivity index (χ0v) is 13.1. The van der Waals surface area contributed by atoms with Crippen molar-refractivity contribution in [1.82, 2.24) is 10.2 Å². The number of nitrogens with zero attached hydrogens (tertiary/aromatic N) is 2. The Morgan fingerprint density at radius 3 is 2.65 bits per heavy atom. The molecule has 1 aromatic carbocycles. The van der Waals surface area contributed by atoms with E-state index in [1.165, 1.54) is 11.8 Å². The maximum absolute atomic E-state index is 6.07. The van der Waals surface area contributed by atoms with Gasteiger partial charge in [0, 0.05) is 10.8 Å². The molecule has 0 aliphatic rings. The standard InChI is InChI=1S/C14H18ClN3OS/c1-3-9(2)12(16)13-17-18-14(19-13)20-8-10-4-6-11(15)7-5-10/h4-7,9,12H,3,8,16H2,1-2H3/t9-,12-/m0/s1. The molecule has 0 unspecified atom stereocenters. The molecule has 20 heavy (non-hydrogen) atoms. The highest BCUT2D eigenvalue weighted by Crippen LogP contribution is 2.26. The summed E-state index contributed by atoms with van der Waals surface area (Å²) in [5.41, 5.74) is 7.22. The predicted molar refractivity (Wildman–Crippen MR) is 81.7 cm³/mol. The Hall–Kier alpha value is -1.04. The Bertz CT molecular complexity index is 544. The number of aromatic nitrogens is 2. The van der Waals surface area contributed by atoms with Crippen LogP contribution in [0.1, 0.15) is 37.8 Å². The predicted octanol–water partition coefficient (Wildman–Crippen LogP) is 4.06. The summed E-state index contributed by atoms with van der Waals surface area (Å²) in [5, 5.41) is 9.34. The van der Waals surface area contributed by atoms with Gasteiger partial charge in [-0.2, -0.15) is 0 Å². The van der Waals surface area contributed by atoms with Gasteiger partial charge in [-0.3, -0.25) is 0 Å². The van der Waals surface area contributed by atoms with Gasteiger partial charge in [0.25, 0.3) is 5.22 Å². The van der Waals surface area contributed by atoms with Crippen molar-refractivity contribution in [1.29, 1.82) is 0 Å². The number of hydrogen-bond donors (Lipinski definition) is 1. The molecule has 2 atom stereocenters. The molecule has 0 bridgehead atoms. The van der Waals surface area contributed by atoms with Crippen LogP contribution in [0.5, 0.6) is 0 Å². The summed E-state index contributed by atoms with van der Waals surface area (Å²) < 4.78 is 5.60. The van der Waals surface area contributed by atoms with Gasteiger partial charge in [-0.25, -0.2) is 0 Å². The molecule has 2 rings (SSSR count). The second-order valence-electron chi connectivity index (χ2n) is 4.73. The molecular weight excluding hydrogens is 294 g/mol. The van der Waals surface area contributed by atoms with Crippen LogP contribution in [0.2, 0.25) is 5.02 Å². The number of hydrogen-bond acceptors (Lipinski definition) is 5. The third-order valence-corrected chi connectivity index (χ3v) is 4.38. The average molecular weight is 312 g/mol.